The lowest BCUT2D eigenvalue weighted by molar-refractivity contribution is -0.143. The number of hydrogen-bond donors (Lipinski definition) is 0. The summed E-state index contributed by atoms with van der Waals surface area (Å²) in [5.41, 5.74) is 1.35. The predicted octanol–water partition coefficient (Wildman–Crippen LogP) is 2.91. The summed E-state index contributed by atoms with van der Waals surface area (Å²) in [6.45, 7) is 0. The molecule has 0 aliphatic rings. The minimum atomic E-state index is -0.862. The molecule has 0 saturated heterocycles. The predicted molar refractivity (Wildman–Crippen MR) is 83.0 cm³/mol. The molecular weight excluding hydrogens is 280 g/mol. The number of carbonyl (C=O) groups excluding carboxylic acids is 2. The van der Waals surface area contributed by atoms with Gasteiger partial charge in [0.15, 0.2) is 5.78 Å². The molecule has 0 radical (unpaired) electrons. The molecule has 2 aromatic rings. The Bertz CT molecular complexity index is 649. The average Bonchev–Trinajstić information content (AvgIpc) is 2.59. The Balaban J connectivity index is 2.28. The largest absolute Gasteiger partial charge is 0.497 e. The maximum absolute atomic E-state index is 12.7. The molecular formula is C18H18O4. The summed E-state index contributed by atoms with van der Waals surface area (Å²) in [4.78, 5) is 24.7. The van der Waals surface area contributed by atoms with Crippen molar-refractivity contribution < 1.29 is 19.1 Å². The van der Waals surface area contributed by atoms with Gasteiger partial charge < -0.3 is 9.47 Å². The van der Waals surface area contributed by atoms with Gasteiger partial charge in [-0.2, -0.15) is 0 Å². The highest BCUT2D eigenvalue weighted by atomic mass is 16.5. The molecule has 0 N–H and O–H groups in total. The molecule has 2 aromatic carbocycles. The SMILES string of the molecule is COC(=O)C(Cc1ccccc1)C(=O)c1cccc(OC)c1. The summed E-state index contributed by atoms with van der Waals surface area (Å²) in [6.07, 6.45) is 0.309. The molecule has 4 heteroatoms. The second kappa shape index (κ2) is 7.41. The van der Waals surface area contributed by atoms with Crippen LogP contribution in [0.4, 0.5) is 0 Å². The van der Waals surface area contributed by atoms with E-state index >= 15 is 0 Å². The molecule has 22 heavy (non-hydrogen) atoms. The fourth-order valence-corrected chi connectivity index (χ4v) is 2.25. The smallest absolute Gasteiger partial charge is 0.316 e. The van der Waals surface area contributed by atoms with E-state index < -0.39 is 11.9 Å². The van der Waals surface area contributed by atoms with Crippen LogP contribution in [0.25, 0.3) is 0 Å². The molecule has 0 aliphatic heterocycles. The van der Waals surface area contributed by atoms with E-state index in [4.69, 9.17) is 9.47 Å². The number of Topliss-reactive ketones (excluding diaryl/α,β-unsaturated/α-hetero) is 1. The quantitative estimate of drug-likeness (QED) is 0.467. The summed E-state index contributed by atoms with van der Waals surface area (Å²) in [5, 5.41) is 0. The molecule has 0 saturated carbocycles. The number of methoxy groups -OCH3 is 2. The highest BCUT2D eigenvalue weighted by molar-refractivity contribution is 6.09. The van der Waals surface area contributed by atoms with Crippen molar-refractivity contribution in [3.05, 3.63) is 65.7 Å². The zero-order valence-corrected chi connectivity index (χ0v) is 12.6. The molecule has 4 nitrogen and oxygen atoms in total. The molecule has 0 heterocycles. The van der Waals surface area contributed by atoms with Gasteiger partial charge in [0.25, 0.3) is 0 Å². The zero-order valence-electron chi connectivity index (χ0n) is 12.6. The first kappa shape index (κ1) is 15.8. The lowest BCUT2D eigenvalue weighted by Crippen LogP contribution is -2.27. The van der Waals surface area contributed by atoms with E-state index in [0.717, 1.165) is 5.56 Å². The van der Waals surface area contributed by atoms with Crippen LogP contribution in [-0.2, 0) is 16.0 Å². The first-order valence-corrected chi connectivity index (χ1v) is 6.95. The number of carbonyl (C=O) groups is 2. The van der Waals surface area contributed by atoms with E-state index in [9.17, 15) is 9.59 Å². The van der Waals surface area contributed by atoms with Crippen LogP contribution in [0.2, 0.25) is 0 Å². The van der Waals surface area contributed by atoms with Gasteiger partial charge in [0.1, 0.15) is 11.7 Å². The third kappa shape index (κ3) is 3.73. The van der Waals surface area contributed by atoms with E-state index in [2.05, 4.69) is 0 Å². The van der Waals surface area contributed by atoms with Crippen molar-refractivity contribution in [3.8, 4) is 5.75 Å². The van der Waals surface area contributed by atoms with Crippen molar-refractivity contribution in [2.24, 2.45) is 5.92 Å². The minimum Gasteiger partial charge on any atom is -0.497 e. The molecule has 0 fully saturated rings. The highest BCUT2D eigenvalue weighted by Crippen LogP contribution is 2.20. The monoisotopic (exact) mass is 298 g/mol. The van der Waals surface area contributed by atoms with Crippen molar-refractivity contribution >= 4 is 11.8 Å². The first-order valence-electron chi connectivity index (χ1n) is 6.95. The fourth-order valence-electron chi connectivity index (χ4n) is 2.25. The standard InChI is InChI=1S/C18H18O4/c1-21-15-10-6-9-14(12-15)17(19)16(18(20)22-2)11-13-7-4-3-5-8-13/h3-10,12,16H,11H2,1-2H3. The van der Waals surface area contributed by atoms with Gasteiger partial charge >= 0.3 is 5.97 Å². The van der Waals surface area contributed by atoms with Gasteiger partial charge in [-0.1, -0.05) is 42.5 Å². The van der Waals surface area contributed by atoms with Crippen LogP contribution in [0.15, 0.2) is 54.6 Å². The number of ketones is 1. The van der Waals surface area contributed by atoms with E-state index in [-0.39, 0.29) is 5.78 Å². The Morgan fingerprint density at radius 1 is 1.00 bits per heavy atom. The summed E-state index contributed by atoms with van der Waals surface area (Å²) in [6, 6.07) is 16.2. The fraction of sp³-hybridized carbons (Fsp3) is 0.222. The van der Waals surface area contributed by atoms with Crippen LogP contribution in [0.3, 0.4) is 0 Å². The van der Waals surface area contributed by atoms with Crippen molar-refractivity contribution in [2.45, 2.75) is 6.42 Å². The number of rotatable bonds is 6. The molecule has 0 aliphatic carbocycles. The molecule has 0 spiro atoms. The topological polar surface area (TPSA) is 52.6 Å². The second-order valence-corrected chi connectivity index (χ2v) is 4.86. The lowest BCUT2D eigenvalue weighted by Gasteiger charge is -2.14. The third-order valence-electron chi connectivity index (χ3n) is 3.44. The minimum absolute atomic E-state index is 0.269. The van der Waals surface area contributed by atoms with E-state index in [1.807, 2.05) is 30.3 Å². The van der Waals surface area contributed by atoms with Gasteiger partial charge in [0, 0.05) is 5.56 Å². The Labute approximate surface area is 129 Å². The maximum Gasteiger partial charge on any atom is 0.316 e. The molecule has 0 aromatic heterocycles. The molecule has 1 unspecified atom stereocenters. The van der Waals surface area contributed by atoms with E-state index in [0.29, 0.717) is 17.7 Å². The van der Waals surface area contributed by atoms with E-state index in [1.165, 1.54) is 14.2 Å². The summed E-state index contributed by atoms with van der Waals surface area (Å²) < 4.78 is 9.91. The van der Waals surface area contributed by atoms with Crippen LogP contribution in [0, 0.1) is 5.92 Å². The first-order chi connectivity index (χ1) is 10.7. The normalized spacial score (nSPS) is 11.5. The van der Waals surface area contributed by atoms with Crippen molar-refractivity contribution in [2.75, 3.05) is 14.2 Å². The van der Waals surface area contributed by atoms with Gasteiger partial charge in [-0.15, -0.1) is 0 Å². The Kier molecular flexibility index (Phi) is 5.31. The van der Waals surface area contributed by atoms with Crippen LogP contribution in [0.1, 0.15) is 15.9 Å². The summed E-state index contributed by atoms with van der Waals surface area (Å²) >= 11 is 0. The number of benzene rings is 2. The molecule has 1 atom stereocenters. The van der Waals surface area contributed by atoms with Gasteiger partial charge in [0.05, 0.1) is 14.2 Å². The van der Waals surface area contributed by atoms with Crippen LogP contribution in [-0.4, -0.2) is 26.0 Å². The van der Waals surface area contributed by atoms with Crippen molar-refractivity contribution in [1.29, 1.82) is 0 Å². The average molecular weight is 298 g/mol. The van der Waals surface area contributed by atoms with Crippen LogP contribution >= 0.6 is 0 Å². The Morgan fingerprint density at radius 2 is 1.73 bits per heavy atom. The maximum atomic E-state index is 12.7. The summed E-state index contributed by atoms with van der Waals surface area (Å²) in [5.74, 6) is -1.08. The molecule has 0 amide bonds. The van der Waals surface area contributed by atoms with E-state index in [1.54, 1.807) is 24.3 Å². The van der Waals surface area contributed by atoms with Crippen LogP contribution < -0.4 is 4.74 Å². The third-order valence-corrected chi connectivity index (χ3v) is 3.44. The Hall–Kier alpha value is -2.62. The van der Waals surface area contributed by atoms with Gasteiger partial charge in [-0.3, -0.25) is 9.59 Å². The van der Waals surface area contributed by atoms with Crippen molar-refractivity contribution in [1.82, 2.24) is 0 Å². The Morgan fingerprint density at radius 3 is 2.36 bits per heavy atom. The molecule has 114 valence electrons. The molecule has 0 bridgehead atoms. The molecule has 2 rings (SSSR count). The van der Waals surface area contributed by atoms with Gasteiger partial charge in [0.2, 0.25) is 0 Å². The zero-order chi connectivity index (χ0) is 15.9. The van der Waals surface area contributed by atoms with Crippen molar-refractivity contribution in [3.63, 3.8) is 0 Å². The number of hydrogen-bond acceptors (Lipinski definition) is 4. The second-order valence-electron chi connectivity index (χ2n) is 4.86. The number of esters is 1. The lowest BCUT2D eigenvalue weighted by atomic mass is 9.91. The van der Waals surface area contributed by atoms with Gasteiger partial charge in [-0.25, -0.2) is 0 Å². The van der Waals surface area contributed by atoms with Crippen LogP contribution in [0.5, 0.6) is 5.75 Å². The summed E-state index contributed by atoms with van der Waals surface area (Å²) in [7, 11) is 2.82. The van der Waals surface area contributed by atoms with Gasteiger partial charge in [-0.05, 0) is 24.1 Å². The number of ether oxygens (including phenoxy) is 2. The highest BCUT2D eigenvalue weighted by Gasteiger charge is 2.29.